The van der Waals surface area contributed by atoms with E-state index < -0.39 is 41.0 Å². The molecule has 5 atom stereocenters. The maximum atomic E-state index is 14.1. The molecular formula is C25H27N5O6. The Bertz CT molecular complexity index is 1300. The molecule has 0 radical (unpaired) electrons. The number of aliphatic hydroxyl groups excluding tert-OH is 1. The highest BCUT2D eigenvalue weighted by atomic mass is 16.6. The van der Waals surface area contributed by atoms with E-state index in [4.69, 9.17) is 9.47 Å². The van der Waals surface area contributed by atoms with Crippen LogP contribution in [0.5, 0.6) is 0 Å². The molecule has 0 bridgehead atoms. The van der Waals surface area contributed by atoms with Crippen molar-refractivity contribution in [2.24, 2.45) is 11.8 Å². The summed E-state index contributed by atoms with van der Waals surface area (Å²) in [5.74, 6) is -3.14. The minimum Gasteiger partial charge on any atom is -0.465 e. The van der Waals surface area contributed by atoms with Crippen molar-refractivity contribution in [2.45, 2.75) is 37.3 Å². The van der Waals surface area contributed by atoms with Crippen molar-refractivity contribution in [3.05, 3.63) is 48.6 Å². The van der Waals surface area contributed by atoms with Crippen molar-refractivity contribution >= 4 is 28.8 Å². The molecule has 188 valence electrons. The number of likely N-dealkylation sites (tertiary alicyclic amines) is 1. The van der Waals surface area contributed by atoms with Crippen LogP contribution < -0.4 is 0 Å². The Balaban J connectivity index is 1.42. The Hall–Kier alpha value is -3.57. The summed E-state index contributed by atoms with van der Waals surface area (Å²) >= 11 is 0. The highest BCUT2D eigenvalue weighted by molar-refractivity contribution is 5.99. The van der Waals surface area contributed by atoms with Crippen LogP contribution in [0.2, 0.25) is 0 Å². The van der Waals surface area contributed by atoms with Crippen LogP contribution in [0.3, 0.4) is 0 Å². The zero-order valence-corrected chi connectivity index (χ0v) is 19.8. The van der Waals surface area contributed by atoms with Crippen molar-refractivity contribution in [3.63, 3.8) is 0 Å². The Morgan fingerprint density at radius 2 is 1.94 bits per heavy atom. The van der Waals surface area contributed by atoms with Crippen LogP contribution in [-0.2, 0) is 30.5 Å². The van der Waals surface area contributed by atoms with E-state index in [1.807, 2.05) is 36.4 Å². The van der Waals surface area contributed by atoms with Gasteiger partial charge in [-0.2, -0.15) is 0 Å². The topological polar surface area (TPSA) is 127 Å². The van der Waals surface area contributed by atoms with Crippen LogP contribution in [0.15, 0.2) is 48.6 Å². The summed E-state index contributed by atoms with van der Waals surface area (Å²) in [5, 5.41) is 18.1. The van der Waals surface area contributed by atoms with Gasteiger partial charge in [-0.3, -0.25) is 14.4 Å². The maximum Gasteiger partial charge on any atom is 0.313 e. The molecule has 11 nitrogen and oxygen atoms in total. The molecule has 1 aromatic heterocycles. The predicted octanol–water partition coefficient (Wildman–Crippen LogP) is 0.254. The molecule has 0 saturated carbocycles. The van der Waals surface area contributed by atoms with Gasteiger partial charge >= 0.3 is 5.97 Å². The fraction of sp³-hybridized carbons (Fsp3) is 0.480. The zero-order chi connectivity index (χ0) is 25.1. The molecule has 1 aromatic carbocycles. The molecule has 36 heavy (non-hydrogen) atoms. The number of aliphatic hydroxyl groups is 1. The van der Waals surface area contributed by atoms with Crippen LogP contribution in [-0.4, -0.2) is 91.2 Å². The fourth-order valence-electron chi connectivity index (χ4n) is 6.19. The number of rotatable bonds is 4. The van der Waals surface area contributed by atoms with Gasteiger partial charge in [0, 0.05) is 13.1 Å². The first-order valence-corrected chi connectivity index (χ1v) is 12.1. The van der Waals surface area contributed by atoms with Crippen LogP contribution in [0.1, 0.15) is 13.3 Å². The quantitative estimate of drug-likeness (QED) is 0.475. The highest BCUT2D eigenvalue weighted by Crippen LogP contribution is 2.57. The van der Waals surface area contributed by atoms with E-state index in [0.29, 0.717) is 11.9 Å². The first-order valence-electron chi connectivity index (χ1n) is 12.1. The van der Waals surface area contributed by atoms with Gasteiger partial charge in [-0.1, -0.05) is 41.7 Å². The molecule has 5 heterocycles. The number of fused-ring (bicyclic) bond motifs is 3. The molecule has 2 amide bonds. The van der Waals surface area contributed by atoms with Gasteiger partial charge in [0.15, 0.2) is 0 Å². The number of benzene rings is 1. The lowest BCUT2D eigenvalue weighted by molar-refractivity contribution is -0.160. The number of aromatic nitrogens is 3. The van der Waals surface area contributed by atoms with Crippen LogP contribution in [0.4, 0.5) is 0 Å². The number of cyclic esters (lactones) is 1. The number of β-amino-alcohol motifs (C(OH)–C–C–N with tert-alkyl or cyclic N) is 1. The summed E-state index contributed by atoms with van der Waals surface area (Å²) in [6, 6.07) is 6.40. The molecular weight excluding hydrogens is 466 g/mol. The molecule has 2 saturated heterocycles. The lowest BCUT2D eigenvalue weighted by atomic mass is 9.74. The van der Waals surface area contributed by atoms with Gasteiger partial charge in [-0.25, -0.2) is 4.68 Å². The van der Waals surface area contributed by atoms with Gasteiger partial charge in [-0.05, 0) is 25.5 Å². The lowest BCUT2D eigenvalue weighted by Crippen LogP contribution is -2.56. The van der Waals surface area contributed by atoms with E-state index in [1.54, 1.807) is 28.7 Å². The van der Waals surface area contributed by atoms with Crippen molar-refractivity contribution in [3.8, 4) is 0 Å². The Kier molecular flexibility index (Phi) is 5.23. The second-order valence-corrected chi connectivity index (χ2v) is 9.79. The lowest BCUT2D eigenvalue weighted by Gasteiger charge is -2.37. The Morgan fingerprint density at radius 3 is 2.78 bits per heavy atom. The van der Waals surface area contributed by atoms with Gasteiger partial charge in [-0.15, -0.1) is 5.10 Å². The first-order chi connectivity index (χ1) is 17.4. The molecule has 0 aliphatic carbocycles. The minimum atomic E-state index is -1.38. The molecule has 4 aliphatic rings. The number of nitrogens with zero attached hydrogens (tertiary/aromatic N) is 5. The van der Waals surface area contributed by atoms with Crippen molar-refractivity contribution < 1.29 is 29.0 Å². The van der Waals surface area contributed by atoms with Crippen molar-refractivity contribution in [1.29, 1.82) is 0 Å². The van der Waals surface area contributed by atoms with Crippen LogP contribution >= 0.6 is 0 Å². The van der Waals surface area contributed by atoms with Crippen molar-refractivity contribution in [1.82, 2.24) is 24.8 Å². The average Bonchev–Trinajstić information content (AvgIpc) is 3.40. The van der Waals surface area contributed by atoms with Gasteiger partial charge in [0.25, 0.3) is 5.91 Å². The molecule has 2 fully saturated rings. The Morgan fingerprint density at radius 1 is 1.11 bits per heavy atom. The number of ether oxygens (including phenoxy) is 2. The molecule has 1 unspecified atom stereocenters. The molecule has 4 aliphatic heterocycles. The van der Waals surface area contributed by atoms with Crippen LogP contribution in [0.25, 0.3) is 11.0 Å². The average molecular weight is 494 g/mol. The summed E-state index contributed by atoms with van der Waals surface area (Å²) in [6.45, 7) is 1.96. The number of esters is 1. The normalized spacial score (nSPS) is 33.7. The largest absolute Gasteiger partial charge is 0.465 e. The second kappa shape index (κ2) is 8.24. The van der Waals surface area contributed by atoms with E-state index in [1.165, 1.54) is 4.90 Å². The van der Waals surface area contributed by atoms with Crippen LogP contribution in [0, 0.1) is 11.8 Å². The van der Waals surface area contributed by atoms with E-state index in [2.05, 4.69) is 10.3 Å². The monoisotopic (exact) mass is 493 g/mol. The third-order valence-electron chi connectivity index (χ3n) is 7.67. The molecule has 1 spiro atoms. The highest BCUT2D eigenvalue weighted by Gasteiger charge is 2.74. The second-order valence-electron chi connectivity index (χ2n) is 9.79. The minimum absolute atomic E-state index is 0.0564. The molecule has 1 N–H and O–H groups in total. The maximum absolute atomic E-state index is 14.1. The molecule has 11 heteroatoms. The van der Waals surface area contributed by atoms with E-state index in [-0.39, 0.29) is 38.9 Å². The predicted molar refractivity (Wildman–Crippen MR) is 125 cm³/mol. The number of amides is 2. The van der Waals surface area contributed by atoms with Gasteiger partial charge < -0.3 is 24.4 Å². The van der Waals surface area contributed by atoms with E-state index in [9.17, 15) is 19.5 Å². The summed E-state index contributed by atoms with van der Waals surface area (Å²) < 4.78 is 13.7. The number of carbonyl (C=O) groups is 3. The standard InChI is InChI=1S/C25H27N5O6/c1-24-9-4-5-14-35-23(34)19(24)18-21(32)29(12-13-31)20-22(33)28(11-6-10-25(18,20)36-24)15-30-17-8-3-2-7-16(17)26-27-30/h2-4,6-10,18-20,31H,5,11-15H2,1H3/t18-,19-,20?,24+,25-/m0/s1. The number of para-hydroxylation sites is 1. The zero-order valence-electron chi connectivity index (χ0n) is 19.8. The first kappa shape index (κ1) is 22.9. The number of hydrogen-bond acceptors (Lipinski definition) is 8. The fourth-order valence-corrected chi connectivity index (χ4v) is 6.19. The van der Waals surface area contributed by atoms with Gasteiger partial charge in [0.2, 0.25) is 5.91 Å². The Labute approximate surface area is 206 Å². The van der Waals surface area contributed by atoms with E-state index >= 15 is 0 Å². The third-order valence-corrected chi connectivity index (χ3v) is 7.67. The summed E-state index contributed by atoms with van der Waals surface area (Å²) in [5.41, 5.74) is -1.02. The molecule has 6 rings (SSSR count). The summed E-state index contributed by atoms with van der Waals surface area (Å²) in [4.78, 5) is 44.0. The smallest absolute Gasteiger partial charge is 0.313 e. The summed E-state index contributed by atoms with van der Waals surface area (Å²) in [7, 11) is 0. The van der Waals surface area contributed by atoms with Crippen molar-refractivity contribution in [2.75, 3.05) is 26.3 Å². The van der Waals surface area contributed by atoms with Gasteiger partial charge in [0.05, 0.1) is 30.2 Å². The van der Waals surface area contributed by atoms with Gasteiger partial charge in [0.1, 0.15) is 29.7 Å². The number of carbonyl (C=O) groups excluding carboxylic acids is 3. The van der Waals surface area contributed by atoms with E-state index in [0.717, 1.165) is 5.52 Å². The summed E-state index contributed by atoms with van der Waals surface area (Å²) in [6.07, 6.45) is 7.79. The number of hydrogen-bond donors (Lipinski definition) is 1. The molecule has 2 aromatic rings. The SMILES string of the molecule is C[C@@]12C=CCCOC(=O)[C@@H]1[C@H]1C(=O)N(CCO)C3C(=O)N(Cn4nnc5ccccc54)CC=C[C@@]31O2. The third kappa shape index (κ3) is 3.15.